The number of anilines is 1. The predicted molar refractivity (Wildman–Crippen MR) is 77.5 cm³/mol. The summed E-state index contributed by atoms with van der Waals surface area (Å²) in [5.74, 6) is 2.05. The van der Waals surface area contributed by atoms with Crippen LogP contribution in [0.2, 0.25) is 0 Å². The van der Waals surface area contributed by atoms with Crippen molar-refractivity contribution in [3.05, 3.63) is 41.5 Å². The Balaban J connectivity index is 1.59. The molecule has 1 aromatic carbocycles. The van der Waals surface area contributed by atoms with Gasteiger partial charge in [0.15, 0.2) is 6.79 Å². The van der Waals surface area contributed by atoms with Crippen molar-refractivity contribution in [1.82, 2.24) is 14.5 Å². The van der Waals surface area contributed by atoms with Gasteiger partial charge in [0.1, 0.15) is 11.6 Å². The number of nitrogens with zero attached hydrogens (tertiary/aromatic N) is 3. The van der Waals surface area contributed by atoms with E-state index in [0.29, 0.717) is 13.4 Å². The summed E-state index contributed by atoms with van der Waals surface area (Å²) in [5.41, 5.74) is 8.93. The molecule has 2 aliphatic rings. The molecule has 0 fully saturated rings. The van der Waals surface area contributed by atoms with Crippen LogP contribution in [0.15, 0.2) is 24.5 Å². The maximum Gasteiger partial charge on any atom is 0.189 e. The van der Waals surface area contributed by atoms with Crippen LogP contribution in [0.3, 0.4) is 0 Å². The third-order valence-corrected chi connectivity index (χ3v) is 4.03. The highest BCUT2D eigenvalue weighted by atomic mass is 16.7. The molecule has 0 saturated carbocycles. The van der Waals surface area contributed by atoms with Gasteiger partial charge >= 0.3 is 0 Å². The molecule has 2 N–H and O–H groups in total. The highest BCUT2D eigenvalue weighted by molar-refractivity contribution is 5.53. The average molecular weight is 286 g/mol. The van der Waals surface area contributed by atoms with Gasteiger partial charge in [0.2, 0.25) is 0 Å². The summed E-state index contributed by atoms with van der Waals surface area (Å²) < 4.78 is 13.2. The maximum atomic E-state index is 6.00. The lowest BCUT2D eigenvalue weighted by atomic mass is 10.1. The zero-order chi connectivity index (χ0) is 14.2. The molecular formula is C15H18N4O2. The van der Waals surface area contributed by atoms with Crippen LogP contribution in [0.25, 0.3) is 0 Å². The number of benzene rings is 1. The lowest BCUT2D eigenvalue weighted by Crippen LogP contribution is -2.33. The Labute approximate surface area is 123 Å². The molecule has 0 spiro atoms. The number of fused-ring (bicyclic) bond motifs is 2. The number of imidazole rings is 1. The zero-order valence-corrected chi connectivity index (χ0v) is 11.8. The summed E-state index contributed by atoms with van der Waals surface area (Å²) in [4.78, 5) is 6.77. The van der Waals surface area contributed by atoms with E-state index in [1.165, 1.54) is 0 Å². The monoisotopic (exact) mass is 286 g/mol. The van der Waals surface area contributed by atoms with Crippen LogP contribution in [0.5, 0.6) is 5.75 Å². The van der Waals surface area contributed by atoms with E-state index in [0.717, 1.165) is 54.6 Å². The molecule has 0 aliphatic carbocycles. The Morgan fingerprint density at radius 1 is 1.29 bits per heavy atom. The van der Waals surface area contributed by atoms with Crippen LogP contribution >= 0.6 is 0 Å². The third-order valence-electron chi connectivity index (χ3n) is 4.03. The molecule has 3 heterocycles. The van der Waals surface area contributed by atoms with E-state index in [1.807, 2.05) is 24.5 Å². The maximum absolute atomic E-state index is 6.00. The second-order valence-electron chi connectivity index (χ2n) is 5.53. The van der Waals surface area contributed by atoms with Crippen LogP contribution in [0.4, 0.5) is 5.69 Å². The van der Waals surface area contributed by atoms with Crippen LogP contribution in [-0.4, -0.2) is 27.8 Å². The SMILES string of the molecule is Nc1cc2c(c(CN3CCn4ccnc4C3)c1)OCOC2. The molecule has 0 saturated heterocycles. The van der Waals surface area contributed by atoms with Crippen molar-refractivity contribution in [1.29, 1.82) is 0 Å². The fourth-order valence-corrected chi connectivity index (χ4v) is 3.04. The molecule has 6 heteroatoms. The first-order valence-electron chi connectivity index (χ1n) is 7.14. The van der Waals surface area contributed by atoms with Crippen molar-refractivity contribution in [3.63, 3.8) is 0 Å². The lowest BCUT2D eigenvalue weighted by molar-refractivity contribution is -0.0175. The topological polar surface area (TPSA) is 65.5 Å². The Kier molecular flexibility index (Phi) is 3.05. The van der Waals surface area contributed by atoms with Gasteiger partial charge in [-0.25, -0.2) is 4.98 Å². The summed E-state index contributed by atoms with van der Waals surface area (Å²) in [5, 5.41) is 0. The fraction of sp³-hybridized carbons (Fsp3) is 0.400. The van der Waals surface area contributed by atoms with Gasteiger partial charge in [0, 0.05) is 48.8 Å². The second kappa shape index (κ2) is 5.05. The Bertz CT molecular complexity index is 668. The molecule has 2 aromatic rings. The van der Waals surface area contributed by atoms with Crippen molar-refractivity contribution in [3.8, 4) is 5.75 Å². The van der Waals surface area contributed by atoms with Crippen molar-refractivity contribution >= 4 is 5.69 Å². The van der Waals surface area contributed by atoms with Gasteiger partial charge in [-0.3, -0.25) is 4.90 Å². The minimum Gasteiger partial charge on any atom is -0.467 e. The van der Waals surface area contributed by atoms with E-state index in [-0.39, 0.29) is 0 Å². The summed E-state index contributed by atoms with van der Waals surface area (Å²) in [6.07, 6.45) is 3.90. The number of aromatic nitrogens is 2. The van der Waals surface area contributed by atoms with E-state index in [1.54, 1.807) is 0 Å². The zero-order valence-electron chi connectivity index (χ0n) is 11.8. The molecule has 0 radical (unpaired) electrons. The number of nitrogen functional groups attached to an aromatic ring is 1. The summed E-state index contributed by atoms with van der Waals surface area (Å²) in [6.45, 7) is 4.53. The normalized spacial score (nSPS) is 17.9. The first-order chi connectivity index (χ1) is 10.3. The first kappa shape index (κ1) is 12.7. The Morgan fingerprint density at radius 2 is 2.24 bits per heavy atom. The Hall–Kier alpha value is -2.05. The standard InChI is InChI=1S/C15H18N4O2/c16-13-5-11(15-12(6-13)9-20-10-21-15)7-18-3-4-19-2-1-17-14(19)8-18/h1-2,5-6H,3-4,7-10,16H2. The largest absolute Gasteiger partial charge is 0.467 e. The molecule has 0 amide bonds. The Morgan fingerprint density at radius 3 is 3.19 bits per heavy atom. The minimum atomic E-state index is 0.314. The van der Waals surface area contributed by atoms with Crippen molar-refractivity contribution in [2.24, 2.45) is 0 Å². The van der Waals surface area contributed by atoms with Gasteiger partial charge in [-0.1, -0.05) is 0 Å². The quantitative estimate of drug-likeness (QED) is 0.844. The molecule has 1 aromatic heterocycles. The van der Waals surface area contributed by atoms with Gasteiger partial charge in [-0.15, -0.1) is 0 Å². The number of nitrogens with two attached hydrogens (primary N) is 1. The third kappa shape index (κ3) is 2.36. The molecule has 21 heavy (non-hydrogen) atoms. The molecule has 110 valence electrons. The highest BCUT2D eigenvalue weighted by Gasteiger charge is 2.21. The van der Waals surface area contributed by atoms with Crippen LogP contribution in [0.1, 0.15) is 17.0 Å². The van der Waals surface area contributed by atoms with E-state index in [2.05, 4.69) is 14.5 Å². The number of hydrogen-bond donors (Lipinski definition) is 1. The summed E-state index contributed by atoms with van der Waals surface area (Å²) >= 11 is 0. The second-order valence-corrected chi connectivity index (χ2v) is 5.53. The van der Waals surface area contributed by atoms with Gasteiger partial charge in [-0.05, 0) is 12.1 Å². The molecule has 0 atom stereocenters. The van der Waals surface area contributed by atoms with Gasteiger partial charge < -0.3 is 19.8 Å². The molecule has 2 aliphatic heterocycles. The molecule has 6 nitrogen and oxygen atoms in total. The van der Waals surface area contributed by atoms with E-state index in [4.69, 9.17) is 15.2 Å². The van der Waals surface area contributed by atoms with E-state index >= 15 is 0 Å². The van der Waals surface area contributed by atoms with E-state index in [9.17, 15) is 0 Å². The van der Waals surface area contributed by atoms with Crippen LogP contribution in [0, 0.1) is 0 Å². The number of hydrogen-bond acceptors (Lipinski definition) is 5. The minimum absolute atomic E-state index is 0.314. The lowest BCUT2D eigenvalue weighted by Gasteiger charge is -2.29. The predicted octanol–water partition coefficient (Wildman–Crippen LogP) is 1.35. The van der Waals surface area contributed by atoms with Gasteiger partial charge in [-0.2, -0.15) is 0 Å². The molecule has 0 unspecified atom stereocenters. The van der Waals surface area contributed by atoms with Crippen molar-refractivity contribution in [2.75, 3.05) is 19.1 Å². The number of rotatable bonds is 2. The highest BCUT2D eigenvalue weighted by Crippen LogP contribution is 2.32. The average Bonchev–Trinajstić information content (AvgIpc) is 2.94. The fourth-order valence-electron chi connectivity index (χ4n) is 3.04. The molecule has 0 bridgehead atoms. The van der Waals surface area contributed by atoms with Gasteiger partial charge in [0.05, 0.1) is 13.2 Å². The van der Waals surface area contributed by atoms with Crippen LogP contribution in [-0.2, 0) is 31.0 Å². The molecular weight excluding hydrogens is 268 g/mol. The van der Waals surface area contributed by atoms with E-state index < -0.39 is 0 Å². The van der Waals surface area contributed by atoms with Crippen molar-refractivity contribution in [2.45, 2.75) is 26.2 Å². The van der Waals surface area contributed by atoms with Gasteiger partial charge in [0.25, 0.3) is 0 Å². The summed E-state index contributed by atoms with van der Waals surface area (Å²) in [7, 11) is 0. The smallest absolute Gasteiger partial charge is 0.189 e. The van der Waals surface area contributed by atoms with Crippen LogP contribution < -0.4 is 10.5 Å². The number of ether oxygens (including phenoxy) is 2. The first-order valence-corrected chi connectivity index (χ1v) is 7.14. The molecule has 4 rings (SSSR count). The summed E-state index contributed by atoms with van der Waals surface area (Å²) in [6, 6.07) is 3.94. The van der Waals surface area contributed by atoms with Crippen molar-refractivity contribution < 1.29 is 9.47 Å².